The molecule has 3 fully saturated rings. The largest absolute Gasteiger partial charge is 0.496 e. The van der Waals surface area contributed by atoms with Gasteiger partial charge >= 0.3 is 12.2 Å². The van der Waals surface area contributed by atoms with Crippen LogP contribution in [0.25, 0.3) is 22.5 Å². The average molecular weight is 797 g/mol. The van der Waals surface area contributed by atoms with Gasteiger partial charge in [0.1, 0.15) is 23.5 Å². The van der Waals surface area contributed by atoms with E-state index in [0.29, 0.717) is 24.8 Å². The first-order valence-electron chi connectivity index (χ1n) is 20.4. The number of methoxy groups -OCH3 is 3. The number of nitrogens with zero attached hydrogens (tertiary/aromatic N) is 4. The van der Waals surface area contributed by atoms with E-state index in [1.807, 2.05) is 69.1 Å². The molecule has 7 atom stereocenters. The molecule has 2 aromatic carbocycles. The molecule has 58 heavy (non-hydrogen) atoms. The van der Waals surface area contributed by atoms with Crippen LogP contribution in [0.15, 0.2) is 53.7 Å². The van der Waals surface area contributed by atoms with Crippen LogP contribution < -0.4 is 20.8 Å². The number of aromatic amines is 1. The summed E-state index contributed by atoms with van der Waals surface area (Å²) >= 11 is 0. The maximum atomic E-state index is 14.0. The van der Waals surface area contributed by atoms with Gasteiger partial charge < -0.3 is 34.7 Å². The summed E-state index contributed by atoms with van der Waals surface area (Å²) in [5.74, 6) is 2.19. The molecule has 7 rings (SSSR count). The van der Waals surface area contributed by atoms with Crippen LogP contribution >= 0.6 is 0 Å². The van der Waals surface area contributed by atoms with Gasteiger partial charge in [-0.05, 0) is 87.0 Å². The molecule has 1 saturated heterocycles. The number of imidazole rings is 1. The van der Waals surface area contributed by atoms with E-state index in [9.17, 15) is 19.2 Å². The highest BCUT2D eigenvalue weighted by Crippen LogP contribution is 2.57. The van der Waals surface area contributed by atoms with Crippen LogP contribution in [0, 0.1) is 23.7 Å². The number of aliphatic imine (C=N–C) groups is 1. The zero-order valence-corrected chi connectivity index (χ0v) is 34.4. The van der Waals surface area contributed by atoms with Gasteiger partial charge in [-0.3, -0.25) is 14.6 Å². The summed E-state index contributed by atoms with van der Waals surface area (Å²) in [6.45, 7) is 8.72. The molecule has 310 valence electrons. The summed E-state index contributed by atoms with van der Waals surface area (Å²) in [5, 5.41) is 7.72. The Bertz CT molecular complexity index is 2030. The molecule has 15 nitrogen and oxygen atoms in total. The number of carbonyl (C=O) groups excluding carboxylic acids is 4. The van der Waals surface area contributed by atoms with Crippen molar-refractivity contribution in [1.82, 2.24) is 35.9 Å². The number of hydrogen-bond donors (Lipinski definition) is 4. The number of benzene rings is 2. The molecule has 2 aliphatic heterocycles. The van der Waals surface area contributed by atoms with Crippen molar-refractivity contribution in [3.05, 3.63) is 59.9 Å². The van der Waals surface area contributed by atoms with Crippen LogP contribution in [-0.4, -0.2) is 108 Å². The molecule has 0 radical (unpaired) electrons. The maximum Gasteiger partial charge on any atom is 0.425 e. The molecule has 1 aromatic heterocycles. The number of hydrogen-bond acceptors (Lipinski definition) is 10. The normalized spacial score (nSPS) is 24.0. The number of hydrazine groups is 1. The van der Waals surface area contributed by atoms with E-state index < -0.39 is 18.2 Å². The van der Waals surface area contributed by atoms with E-state index in [-0.39, 0.29) is 53.6 Å². The predicted octanol–water partition coefficient (Wildman–Crippen LogP) is 5.48. The Morgan fingerprint density at radius 3 is 2.29 bits per heavy atom. The van der Waals surface area contributed by atoms with Crippen molar-refractivity contribution in [2.75, 3.05) is 34.4 Å². The van der Waals surface area contributed by atoms with Crippen molar-refractivity contribution in [1.29, 1.82) is 0 Å². The van der Waals surface area contributed by atoms with Crippen molar-refractivity contribution in [2.45, 2.75) is 89.9 Å². The SMILES string of the molecule is COC(=O)N[C@H](C(=O)N1CCC[C@H]1C1CN=C(c2ccc(-c3ccc(-c4ncc(C5C6CCC(C6)[C@@H]5C(=O)N(NC(=O)OC)C(C)C)[nH]4)cc3)cc2OC)N1)C(C)C. The standard InChI is InChI=1S/C43H56N8O7/c1-23(2)37(48-42(54)57-6)41(53)50-18-8-9-33(50)31-21-45-39(46-31)30-17-16-27(20-34(30)56-5)25-10-12-26(13-11-25)38-44-22-32(47-38)35-28-14-15-29(19-28)36(35)40(52)51(24(3)4)49-43(55)58-7/h10-13,16-17,20,22-24,28-29,31,33,35-37H,8-9,14-15,18-19,21H2,1-7H3,(H,44,47)(H,45,46)(H,48,54)(H,49,55)/t28?,29?,31?,33-,35?,36-,37-/m0/s1. The first-order chi connectivity index (χ1) is 27.9. The quantitative estimate of drug-likeness (QED) is 0.183. The van der Waals surface area contributed by atoms with Gasteiger partial charge in [0.2, 0.25) is 11.8 Å². The molecule has 2 saturated carbocycles. The van der Waals surface area contributed by atoms with Crippen molar-refractivity contribution < 1.29 is 33.4 Å². The van der Waals surface area contributed by atoms with Crippen LogP contribution in [0.4, 0.5) is 9.59 Å². The monoisotopic (exact) mass is 796 g/mol. The third-order valence-corrected chi connectivity index (χ3v) is 12.5. The van der Waals surface area contributed by atoms with Crippen LogP contribution in [-0.2, 0) is 19.1 Å². The van der Waals surface area contributed by atoms with Crippen LogP contribution in [0.2, 0.25) is 0 Å². The average Bonchev–Trinajstić information content (AvgIpc) is 4.09. The molecular formula is C43H56N8O7. The zero-order valence-electron chi connectivity index (χ0n) is 34.4. The Labute approximate surface area is 339 Å². The Balaban J connectivity index is 1.03. The number of likely N-dealkylation sites (tertiary alicyclic amines) is 1. The topological polar surface area (TPSA) is 180 Å². The van der Waals surface area contributed by atoms with Gasteiger partial charge in [-0.25, -0.2) is 25.0 Å². The maximum absolute atomic E-state index is 14.0. The van der Waals surface area contributed by atoms with E-state index in [0.717, 1.165) is 71.7 Å². The molecule has 3 aromatic rings. The minimum Gasteiger partial charge on any atom is -0.496 e. The third-order valence-electron chi connectivity index (χ3n) is 12.5. The van der Waals surface area contributed by atoms with Gasteiger partial charge in [0.25, 0.3) is 0 Å². The number of rotatable bonds is 11. The summed E-state index contributed by atoms with van der Waals surface area (Å²) in [4.78, 5) is 66.8. The summed E-state index contributed by atoms with van der Waals surface area (Å²) in [5.41, 5.74) is 7.33. The molecule has 4 unspecified atom stereocenters. The highest BCUT2D eigenvalue weighted by atomic mass is 16.5. The van der Waals surface area contributed by atoms with Crippen LogP contribution in [0.3, 0.4) is 0 Å². The number of fused-ring (bicyclic) bond motifs is 2. The highest BCUT2D eigenvalue weighted by Gasteiger charge is 2.53. The van der Waals surface area contributed by atoms with Gasteiger partial charge in [0.15, 0.2) is 0 Å². The van der Waals surface area contributed by atoms with Crippen molar-refractivity contribution >= 4 is 29.8 Å². The van der Waals surface area contributed by atoms with E-state index in [1.54, 1.807) is 7.11 Å². The number of ether oxygens (including phenoxy) is 3. The zero-order chi connectivity index (χ0) is 41.2. The Hall–Kier alpha value is -5.60. The summed E-state index contributed by atoms with van der Waals surface area (Å²) in [6, 6.07) is 13.2. The number of aromatic nitrogens is 2. The Morgan fingerprint density at radius 1 is 0.897 bits per heavy atom. The minimum atomic E-state index is -0.675. The summed E-state index contributed by atoms with van der Waals surface area (Å²) in [7, 11) is 4.23. The lowest BCUT2D eigenvalue weighted by Gasteiger charge is -2.35. The smallest absolute Gasteiger partial charge is 0.425 e. The van der Waals surface area contributed by atoms with E-state index >= 15 is 0 Å². The summed E-state index contributed by atoms with van der Waals surface area (Å²) < 4.78 is 15.5. The molecule has 15 heteroatoms. The Kier molecular flexibility index (Phi) is 12.0. The van der Waals surface area contributed by atoms with Gasteiger partial charge in [-0.15, -0.1) is 0 Å². The minimum absolute atomic E-state index is 0.0140. The van der Waals surface area contributed by atoms with Gasteiger partial charge in [0.05, 0.1) is 51.4 Å². The van der Waals surface area contributed by atoms with E-state index in [1.165, 1.54) is 19.2 Å². The second-order valence-electron chi connectivity index (χ2n) is 16.5. The lowest BCUT2D eigenvalue weighted by molar-refractivity contribution is -0.143. The van der Waals surface area contributed by atoms with Gasteiger partial charge in [-0.2, -0.15) is 0 Å². The number of nitrogens with one attached hydrogen (secondary N) is 4. The highest BCUT2D eigenvalue weighted by molar-refractivity contribution is 6.03. The Morgan fingerprint density at radius 2 is 1.60 bits per heavy atom. The number of H-pyrrole nitrogens is 1. The van der Waals surface area contributed by atoms with Crippen molar-refractivity contribution in [3.8, 4) is 28.3 Å². The number of amides is 4. The second kappa shape index (κ2) is 17.1. The molecule has 3 heterocycles. The fourth-order valence-electron chi connectivity index (χ4n) is 9.58. The van der Waals surface area contributed by atoms with Crippen LogP contribution in [0.1, 0.15) is 77.0 Å². The third kappa shape index (κ3) is 7.95. The predicted molar refractivity (Wildman–Crippen MR) is 218 cm³/mol. The molecule has 2 bridgehead atoms. The van der Waals surface area contributed by atoms with Gasteiger partial charge in [-0.1, -0.05) is 44.2 Å². The lowest BCUT2D eigenvalue weighted by Crippen LogP contribution is -2.56. The van der Waals surface area contributed by atoms with Crippen LogP contribution in [0.5, 0.6) is 5.75 Å². The molecule has 4 N–H and O–H groups in total. The van der Waals surface area contributed by atoms with Gasteiger partial charge in [0, 0.05) is 36.0 Å². The summed E-state index contributed by atoms with van der Waals surface area (Å²) in [6.07, 6.45) is 5.36. The lowest BCUT2D eigenvalue weighted by atomic mass is 9.77. The second-order valence-corrected chi connectivity index (χ2v) is 16.5. The van der Waals surface area contributed by atoms with Crippen molar-refractivity contribution in [2.24, 2.45) is 28.7 Å². The number of carbonyl (C=O) groups is 4. The van der Waals surface area contributed by atoms with Crippen molar-refractivity contribution in [3.63, 3.8) is 0 Å². The molecular weight excluding hydrogens is 741 g/mol. The number of amidine groups is 1. The molecule has 0 spiro atoms. The molecule has 4 amide bonds. The van der Waals surface area contributed by atoms with E-state index in [2.05, 4.69) is 33.2 Å². The first-order valence-corrected chi connectivity index (χ1v) is 20.4. The molecule has 2 aliphatic carbocycles. The molecule has 4 aliphatic rings. The number of alkyl carbamates (subject to hydrolysis) is 1. The fourth-order valence-corrected chi connectivity index (χ4v) is 9.58. The fraction of sp³-hybridized carbons (Fsp3) is 0.535. The first kappa shape index (κ1) is 40.6. The van der Waals surface area contributed by atoms with E-state index in [4.69, 9.17) is 24.2 Å².